The van der Waals surface area contributed by atoms with Crippen molar-refractivity contribution in [1.29, 1.82) is 0 Å². The van der Waals surface area contributed by atoms with E-state index >= 15 is 0 Å². The zero-order valence-electron chi connectivity index (χ0n) is 17.5. The van der Waals surface area contributed by atoms with E-state index in [0.717, 1.165) is 5.56 Å². The topological polar surface area (TPSA) is 73.9 Å². The highest BCUT2D eigenvalue weighted by atomic mass is 32.2. The lowest BCUT2D eigenvalue weighted by atomic mass is 9.82. The van der Waals surface area contributed by atoms with Gasteiger partial charge in [0.1, 0.15) is 17.2 Å². The van der Waals surface area contributed by atoms with Crippen LogP contribution in [-0.4, -0.2) is 29.7 Å². The smallest absolute Gasteiger partial charge is 0.241 e. The summed E-state index contributed by atoms with van der Waals surface area (Å²) in [6.45, 7) is 7.78. The van der Waals surface area contributed by atoms with Crippen molar-refractivity contribution in [1.82, 2.24) is 4.72 Å². The second-order valence-corrected chi connectivity index (χ2v) is 9.39. The maximum Gasteiger partial charge on any atom is 0.241 e. The molecule has 1 N–H and O–H groups in total. The number of sulfonamides is 1. The van der Waals surface area contributed by atoms with Crippen molar-refractivity contribution in [2.45, 2.75) is 38.6 Å². The Morgan fingerprint density at radius 3 is 1.79 bits per heavy atom. The van der Waals surface area contributed by atoms with Crippen molar-refractivity contribution < 1.29 is 22.6 Å². The van der Waals surface area contributed by atoms with Gasteiger partial charge in [-0.1, -0.05) is 38.5 Å². The van der Waals surface area contributed by atoms with Crippen LogP contribution in [0.1, 0.15) is 37.9 Å². The van der Waals surface area contributed by atoms with Crippen molar-refractivity contribution in [3.8, 4) is 17.2 Å². The molecular formula is C21H29NO5S. The fraction of sp³-hybridized carbons (Fsp3) is 0.429. The molecule has 1 unspecified atom stereocenters. The van der Waals surface area contributed by atoms with Crippen LogP contribution in [0.3, 0.4) is 0 Å². The molecular weight excluding hydrogens is 378 g/mol. The molecule has 0 aliphatic carbocycles. The van der Waals surface area contributed by atoms with E-state index in [1.165, 1.54) is 14.2 Å². The SMILES string of the molecule is COc1cc(OC)c(C(NS(=O)(=O)c2ccc(C)cc2)C(C)(C)C)c(OC)c1. The molecule has 0 spiro atoms. The van der Waals surface area contributed by atoms with Gasteiger partial charge in [0.2, 0.25) is 10.0 Å². The highest BCUT2D eigenvalue weighted by Crippen LogP contribution is 2.45. The molecule has 6 nitrogen and oxygen atoms in total. The van der Waals surface area contributed by atoms with Crippen LogP contribution in [0.25, 0.3) is 0 Å². The summed E-state index contributed by atoms with van der Waals surface area (Å²) in [5.74, 6) is 1.54. The van der Waals surface area contributed by atoms with E-state index in [0.29, 0.717) is 22.8 Å². The van der Waals surface area contributed by atoms with Gasteiger partial charge < -0.3 is 14.2 Å². The van der Waals surface area contributed by atoms with E-state index < -0.39 is 21.5 Å². The molecule has 2 rings (SSSR count). The lowest BCUT2D eigenvalue weighted by molar-refractivity contribution is 0.281. The van der Waals surface area contributed by atoms with Crippen molar-refractivity contribution in [2.24, 2.45) is 5.41 Å². The van der Waals surface area contributed by atoms with E-state index in [1.54, 1.807) is 43.5 Å². The van der Waals surface area contributed by atoms with Gasteiger partial charge in [0.05, 0.1) is 37.8 Å². The molecule has 0 radical (unpaired) electrons. The van der Waals surface area contributed by atoms with Crippen LogP contribution in [0.15, 0.2) is 41.3 Å². The lowest BCUT2D eigenvalue weighted by Crippen LogP contribution is -2.37. The van der Waals surface area contributed by atoms with Gasteiger partial charge in [-0.3, -0.25) is 0 Å². The van der Waals surface area contributed by atoms with E-state index in [4.69, 9.17) is 14.2 Å². The van der Waals surface area contributed by atoms with E-state index in [1.807, 2.05) is 27.7 Å². The van der Waals surface area contributed by atoms with Crippen LogP contribution in [0.4, 0.5) is 0 Å². The van der Waals surface area contributed by atoms with Crippen LogP contribution >= 0.6 is 0 Å². The Bertz CT molecular complexity index is 890. The largest absolute Gasteiger partial charge is 0.496 e. The first-order valence-electron chi connectivity index (χ1n) is 8.92. The minimum absolute atomic E-state index is 0.207. The normalized spacial score (nSPS) is 13.1. The van der Waals surface area contributed by atoms with E-state index in [9.17, 15) is 8.42 Å². The number of ether oxygens (including phenoxy) is 3. The maximum atomic E-state index is 13.1. The average Bonchev–Trinajstić information content (AvgIpc) is 2.64. The molecule has 7 heteroatoms. The summed E-state index contributed by atoms with van der Waals surface area (Å²) in [5.41, 5.74) is 1.14. The van der Waals surface area contributed by atoms with Gasteiger partial charge in [-0.2, -0.15) is 0 Å². The molecule has 1 atom stereocenters. The standard InChI is InChI=1S/C21H29NO5S/c1-14-8-10-16(11-9-14)28(23,24)22-20(21(2,3)4)19-17(26-6)12-15(25-5)13-18(19)27-7/h8-13,20,22H,1-7H3. The highest BCUT2D eigenvalue weighted by Gasteiger charge is 2.35. The number of aryl methyl sites for hydroxylation is 1. The molecule has 0 aliphatic rings. The summed E-state index contributed by atoms with van der Waals surface area (Å²) in [6, 6.07) is 9.58. The van der Waals surface area contributed by atoms with Crippen LogP contribution in [0, 0.1) is 12.3 Å². The van der Waals surface area contributed by atoms with Gasteiger partial charge in [0.25, 0.3) is 0 Å². The fourth-order valence-electron chi connectivity index (χ4n) is 2.93. The summed E-state index contributed by atoms with van der Waals surface area (Å²) in [6.07, 6.45) is 0. The highest BCUT2D eigenvalue weighted by molar-refractivity contribution is 7.89. The first-order valence-corrected chi connectivity index (χ1v) is 10.4. The summed E-state index contributed by atoms with van der Waals surface area (Å²) < 4.78 is 45.4. The first-order chi connectivity index (χ1) is 13.0. The Labute approximate surface area is 167 Å². The number of rotatable bonds is 7. The third-order valence-electron chi connectivity index (χ3n) is 4.51. The Balaban J connectivity index is 2.61. The molecule has 154 valence electrons. The Morgan fingerprint density at radius 1 is 0.893 bits per heavy atom. The Morgan fingerprint density at radius 2 is 1.39 bits per heavy atom. The minimum atomic E-state index is -3.77. The molecule has 0 fully saturated rings. The number of methoxy groups -OCH3 is 3. The number of hydrogen-bond acceptors (Lipinski definition) is 5. The molecule has 0 bridgehead atoms. The molecule has 0 saturated heterocycles. The molecule has 0 aliphatic heterocycles. The fourth-order valence-corrected chi connectivity index (χ4v) is 4.34. The zero-order chi connectivity index (χ0) is 21.1. The zero-order valence-corrected chi connectivity index (χ0v) is 18.3. The minimum Gasteiger partial charge on any atom is -0.496 e. The van der Waals surface area contributed by atoms with Gasteiger partial charge >= 0.3 is 0 Å². The summed E-state index contributed by atoms with van der Waals surface area (Å²) in [7, 11) is 0.853. The van der Waals surface area contributed by atoms with Gasteiger partial charge in [-0.05, 0) is 24.5 Å². The van der Waals surface area contributed by atoms with Crippen molar-refractivity contribution >= 4 is 10.0 Å². The van der Waals surface area contributed by atoms with Crippen LogP contribution in [-0.2, 0) is 10.0 Å². The van der Waals surface area contributed by atoms with Crippen molar-refractivity contribution in [3.63, 3.8) is 0 Å². The number of hydrogen-bond donors (Lipinski definition) is 1. The van der Waals surface area contributed by atoms with Gasteiger partial charge in [-0.15, -0.1) is 0 Å². The van der Waals surface area contributed by atoms with Crippen LogP contribution < -0.4 is 18.9 Å². The van der Waals surface area contributed by atoms with Gasteiger partial charge in [-0.25, -0.2) is 13.1 Å². The monoisotopic (exact) mass is 407 g/mol. The van der Waals surface area contributed by atoms with Crippen molar-refractivity contribution in [2.75, 3.05) is 21.3 Å². The quantitative estimate of drug-likeness (QED) is 0.748. The lowest BCUT2D eigenvalue weighted by Gasteiger charge is -2.33. The first kappa shape index (κ1) is 22.0. The average molecular weight is 408 g/mol. The van der Waals surface area contributed by atoms with Crippen LogP contribution in [0.2, 0.25) is 0 Å². The predicted octanol–water partition coefficient (Wildman–Crippen LogP) is 4.09. The number of nitrogens with one attached hydrogen (secondary N) is 1. The second-order valence-electron chi connectivity index (χ2n) is 7.68. The molecule has 0 saturated carbocycles. The van der Waals surface area contributed by atoms with Crippen molar-refractivity contribution in [3.05, 3.63) is 47.5 Å². The Hall–Kier alpha value is -2.25. The summed E-state index contributed by atoms with van der Waals surface area (Å²) in [4.78, 5) is 0.207. The summed E-state index contributed by atoms with van der Waals surface area (Å²) >= 11 is 0. The van der Waals surface area contributed by atoms with Gasteiger partial charge in [0, 0.05) is 12.1 Å². The van der Waals surface area contributed by atoms with E-state index in [-0.39, 0.29) is 4.90 Å². The molecule has 0 aromatic heterocycles. The second kappa shape index (κ2) is 8.41. The van der Waals surface area contributed by atoms with E-state index in [2.05, 4.69) is 4.72 Å². The molecule has 28 heavy (non-hydrogen) atoms. The third-order valence-corrected chi connectivity index (χ3v) is 5.95. The number of benzene rings is 2. The molecule has 2 aromatic rings. The maximum absolute atomic E-state index is 13.1. The molecule has 2 aromatic carbocycles. The predicted molar refractivity (Wildman–Crippen MR) is 110 cm³/mol. The molecule has 0 amide bonds. The van der Waals surface area contributed by atoms with Gasteiger partial charge in [0.15, 0.2) is 0 Å². The van der Waals surface area contributed by atoms with Crippen LogP contribution in [0.5, 0.6) is 17.2 Å². The molecule has 0 heterocycles. The Kier molecular flexibility index (Phi) is 6.62. The third kappa shape index (κ3) is 4.77. The summed E-state index contributed by atoms with van der Waals surface area (Å²) in [5, 5.41) is 0.